The minimum Gasteiger partial charge on any atom is -0.309 e. The quantitative estimate of drug-likeness (QED) is 0.171. The van der Waals surface area contributed by atoms with Crippen molar-refractivity contribution in [2.45, 2.75) is 0 Å². The second kappa shape index (κ2) is 18.4. The van der Waals surface area contributed by atoms with E-state index in [4.69, 9.17) is 0 Å². The van der Waals surface area contributed by atoms with Gasteiger partial charge < -0.3 is 18.3 Å². The average Bonchev–Trinajstić information content (AvgIpc) is 1.77. The number of rotatable bonds is 5. The van der Waals surface area contributed by atoms with Gasteiger partial charge in [-0.2, -0.15) is 21.0 Å². The molecule has 0 saturated heterocycles. The van der Waals surface area contributed by atoms with Gasteiger partial charge in [-0.15, -0.1) is 0 Å². The number of hydrogen-bond donors (Lipinski definition) is 0. The maximum atomic E-state index is 11.4. The summed E-state index contributed by atoms with van der Waals surface area (Å²) in [5.74, 6) is 0. The van der Waals surface area contributed by atoms with Gasteiger partial charge in [0.05, 0.1) is 77.8 Å². The molecule has 18 rings (SSSR count). The summed E-state index contributed by atoms with van der Waals surface area (Å²) in [5, 5.41) is 62.1. The molecule has 0 atom stereocenters. The Morgan fingerprint density at radius 1 is 0.239 bits per heavy atom. The highest BCUT2D eigenvalue weighted by molar-refractivity contribution is 6.25. The third kappa shape index (κ3) is 6.63. The molecule has 0 spiro atoms. The van der Waals surface area contributed by atoms with Crippen LogP contribution >= 0.6 is 0 Å². The summed E-state index contributed by atoms with van der Waals surface area (Å²) in [4.78, 5) is 0. The van der Waals surface area contributed by atoms with Gasteiger partial charge in [0.1, 0.15) is 24.3 Å². The Labute approximate surface area is 502 Å². The van der Waals surface area contributed by atoms with Crippen LogP contribution in [-0.2, 0) is 0 Å². The zero-order valence-electron chi connectivity index (χ0n) is 46.8. The first-order valence-electron chi connectivity index (χ1n) is 29.2. The first kappa shape index (κ1) is 48.8. The SMILES string of the molecule is N#Cc1cc(-n2c3ccccc3c3c4cccc(-c5ccc6c7ccc8ccccc8c7n(-c7cc(C#N)c(-n8c9ccccc9c9ccc%10ccccc%10c98)c(C#N)c7)c6c5)c4ccc32)cc(C#N)c1-n1c2ccccc2c2c3ccccc3ccc21. The summed E-state index contributed by atoms with van der Waals surface area (Å²) in [6.07, 6.45) is 0. The van der Waals surface area contributed by atoms with Gasteiger partial charge in [-0.1, -0.05) is 194 Å². The van der Waals surface area contributed by atoms with Crippen molar-refractivity contribution in [2.75, 3.05) is 0 Å². The van der Waals surface area contributed by atoms with Crippen molar-refractivity contribution in [3.05, 3.63) is 277 Å². The van der Waals surface area contributed by atoms with E-state index in [2.05, 4.69) is 225 Å². The molecular formula is C80H42N8. The van der Waals surface area contributed by atoms with Crippen molar-refractivity contribution in [3.8, 4) is 58.2 Å². The number of hydrogen-bond acceptors (Lipinski definition) is 4. The second-order valence-corrected chi connectivity index (χ2v) is 22.8. The fourth-order valence-electron chi connectivity index (χ4n) is 14.8. The Hall–Kier alpha value is -12.7. The number of fused-ring (bicyclic) bond motifs is 20. The van der Waals surface area contributed by atoms with Crippen LogP contribution in [-0.4, -0.2) is 18.3 Å². The molecule has 0 amide bonds. The third-order valence-corrected chi connectivity index (χ3v) is 18.4. The van der Waals surface area contributed by atoms with Crippen LogP contribution < -0.4 is 0 Å². The van der Waals surface area contributed by atoms with E-state index in [1.165, 1.54) is 0 Å². The molecule has 0 bridgehead atoms. The zero-order valence-corrected chi connectivity index (χ0v) is 46.8. The smallest absolute Gasteiger partial charge is 0.101 e. The fourth-order valence-corrected chi connectivity index (χ4v) is 14.8. The van der Waals surface area contributed by atoms with E-state index in [-0.39, 0.29) is 0 Å². The molecule has 0 aliphatic rings. The minimum absolute atomic E-state index is 0.383. The van der Waals surface area contributed by atoms with E-state index in [1.807, 2.05) is 72.8 Å². The summed E-state index contributed by atoms with van der Waals surface area (Å²) in [6.45, 7) is 0. The highest BCUT2D eigenvalue weighted by Gasteiger charge is 2.26. The number of nitriles is 4. The van der Waals surface area contributed by atoms with Crippen LogP contribution in [0.4, 0.5) is 0 Å². The Morgan fingerprint density at radius 2 is 0.636 bits per heavy atom. The molecule has 8 heteroatoms. The van der Waals surface area contributed by atoms with Gasteiger partial charge in [0, 0.05) is 65.2 Å². The molecule has 402 valence electrons. The summed E-state index contributed by atoms with van der Waals surface area (Å²) in [5.41, 5.74) is 13.6. The Bertz CT molecular complexity index is 6300. The molecule has 0 fully saturated rings. The molecule has 18 aromatic rings. The van der Waals surface area contributed by atoms with E-state index in [9.17, 15) is 21.0 Å². The normalized spacial score (nSPS) is 11.8. The molecule has 0 aliphatic carbocycles. The lowest BCUT2D eigenvalue weighted by atomic mass is 9.95. The maximum Gasteiger partial charge on any atom is 0.101 e. The predicted octanol–water partition coefficient (Wildman–Crippen LogP) is 19.8. The summed E-state index contributed by atoms with van der Waals surface area (Å²) in [6, 6.07) is 98.3. The molecule has 0 aliphatic heterocycles. The van der Waals surface area contributed by atoms with Crippen LogP contribution in [0.25, 0.3) is 164 Å². The van der Waals surface area contributed by atoms with E-state index < -0.39 is 0 Å². The molecule has 4 heterocycles. The van der Waals surface area contributed by atoms with Gasteiger partial charge in [0.15, 0.2) is 0 Å². The van der Waals surface area contributed by atoms with Crippen LogP contribution in [0.15, 0.2) is 255 Å². The molecule has 4 aromatic heterocycles. The van der Waals surface area contributed by atoms with Crippen molar-refractivity contribution < 1.29 is 0 Å². The molecule has 0 N–H and O–H groups in total. The van der Waals surface area contributed by atoms with E-state index in [0.29, 0.717) is 45.0 Å². The van der Waals surface area contributed by atoms with Crippen LogP contribution in [0.1, 0.15) is 22.3 Å². The second-order valence-electron chi connectivity index (χ2n) is 22.8. The molecule has 0 saturated carbocycles. The average molecular weight is 1120 g/mol. The highest BCUT2D eigenvalue weighted by Crippen LogP contribution is 2.46. The number of para-hydroxylation sites is 3. The lowest BCUT2D eigenvalue weighted by Gasteiger charge is -2.17. The van der Waals surface area contributed by atoms with Crippen LogP contribution in [0.3, 0.4) is 0 Å². The summed E-state index contributed by atoms with van der Waals surface area (Å²) in [7, 11) is 0. The first-order valence-corrected chi connectivity index (χ1v) is 29.2. The molecule has 0 radical (unpaired) electrons. The van der Waals surface area contributed by atoms with Crippen LogP contribution in [0, 0.1) is 45.3 Å². The van der Waals surface area contributed by atoms with Gasteiger partial charge >= 0.3 is 0 Å². The Kier molecular flexibility index (Phi) is 10.2. The monoisotopic (exact) mass is 1110 g/mol. The molecule has 0 unspecified atom stereocenters. The summed E-state index contributed by atoms with van der Waals surface area (Å²) < 4.78 is 8.66. The Balaban J connectivity index is 0.838. The van der Waals surface area contributed by atoms with Crippen molar-refractivity contribution in [1.29, 1.82) is 21.0 Å². The topological polar surface area (TPSA) is 115 Å². The lowest BCUT2D eigenvalue weighted by molar-refractivity contribution is 1.12. The standard InChI is InChI=1S/C80H42N8/c81-43-51-38-55(39-52(44-82)77(51)87-71-27-12-9-22-68(71)75-58-17-4-1-14-47(58)31-36-73(75)87)85-70-26-11-8-21-67(70)76-64-24-13-23-57(61(64)35-37-72(76)85)50-30-32-63-66-34-29-48-15-2-5-18-59(48)79(66)86(74(63)42-50)56-40-53(45-83)78(54(41-56)46-84)88-69-25-10-7-20-62(69)65-33-28-49-16-3-6-19-60(49)80(65)88/h1-42H. The van der Waals surface area contributed by atoms with Gasteiger partial charge in [-0.05, 0) is 104 Å². The van der Waals surface area contributed by atoms with Crippen molar-refractivity contribution in [3.63, 3.8) is 0 Å². The minimum atomic E-state index is 0.383. The molecule has 14 aromatic carbocycles. The van der Waals surface area contributed by atoms with Crippen molar-refractivity contribution in [1.82, 2.24) is 18.3 Å². The van der Waals surface area contributed by atoms with Gasteiger partial charge in [-0.3, -0.25) is 0 Å². The number of benzene rings is 14. The molecule has 8 nitrogen and oxygen atoms in total. The van der Waals surface area contributed by atoms with Gasteiger partial charge in [0.25, 0.3) is 0 Å². The largest absolute Gasteiger partial charge is 0.309 e. The fraction of sp³-hybridized carbons (Fsp3) is 0. The van der Waals surface area contributed by atoms with E-state index in [1.54, 1.807) is 0 Å². The van der Waals surface area contributed by atoms with Crippen molar-refractivity contribution in [2.24, 2.45) is 0 Å². The van der Waals surface area contributed by atoms with Gasteiger partial charge in [-0.25, -0.2) is 0 Å². The number of aromatic nitrogens is 4. The summed E-state index contributed by atoms with van der Waals surface area (Å²) >= 11 is 0. The Morgan fingerprint density at radius 3 is 1.24 bits per heavy atom. The predicted molar refractivity (Wildman–Crippen MR) is 358 cm³/mol. The lowest BCUT2D eigenvalue weighted by Crippen LogP contribution is -2.05. The van der Waals surface area contributed by atoms with Gasteiger partial charge in [0.2, 0.25) is 0 Å². The molecule has 88 heavy (non-hydrogen) atoms. The molecular weight excluding hydrogens is 1070 g/mol. The zero-order chi connectivity index (χ0) is 58.5. The maximum absolute atomic E-state index is 11.4. The van der Waals surface area contributed by atoms with Crippen LogP contribution in [0.2, 0.25) is 0 Å². The van der Waals surface area contributed by atoms with Crippen LogP contribution in [0.5, 0.6) is 0 Å². The third-order valence-electron chi connectivity index (χ3n) is 18.4. The van der Waals surface area contributed by atoms with Crippen molar-refractivity contribution >= 4 is 130 Å². The number of nitrogens with zero attached hydrogens (tertiary/aromatic N) is 8. The van der Waals surface area contributed by atoms with E-state index in [0.717, 1.165) is 141 Å². The highest BCUT2D eigenvalue weighted by atomic mass is 15.0. The first-order chi connectivity index (χ1) is 43.5. The van der Waals surface area contributed by atoms with E-state index >= 15 is 0 Å².